The molecule has 29 heavy (non-hydrogen) atoms. The zero-order chi connectivity index (χ0) is 20.4. The smallest absolute Gasteiger partial charge is 0.360 e. The Morgan fingerprint density at radius 1 is 1.07 bits per heavy atom. The van der Waals surface area contributed by atoms with E-state index in [2.05, 4.69) is 4.98 Å². The highest BCUT2D eigenvalue weighted by atomic mass is 16.5. The molecule has 7 nitrogen and oxygen atoms in total. The molecule has 0 radical (unpaired) electrons. The number of methoxy groups -OCH3 is 1. The Hall–Kier alpha value is -3.87. The highest BCUT2D eigenvalue weighted by molar-refractivity contribution is 5.89. The second kappa shape index (κ2) is 7.63. The van der Waals surface area contributed by atoms with Gasteiger partial charge in [-0.25, -0.2) is 14.6 Å². The normalized spacial score (nSPS) is 10.8. The molecule has 0 atom stereocenters. The summed E-state index contributed by atoms with van der Waals surface area (Å²) in [6, 6.07) is 15.7. The first kappa shape index (κ1) is 18.5. The van der Waals surface area contributed by atoms with Gasteiger partial charge in [0.2, 0.25) is 5.89 Å². The van der Waals surface area contributed by atoms with Gasteiger partial charge in [0, 0.05) is 28.6 Å². The molecule has 0 fully saturated rings. The number of esters is 1. The highest BCUT2D eigenvalue weighted by Crippen LogP contribution is 2.24. The van der Waals surface area contributed by atoms with Gasteiger partial charge in [-0.3, -0.25) is 0 Å². The van der Waals surface area contributed by atoms with E-state index in [1.807, 2.05) is 30.3 Å². The van der Waals surface area contributed by atoms with Gasteiger partial charge in [-0.15, -0.1) is 0 Å². The first-order valence-corrected chi connectivity index (χ1v) is 8.86. The van der Waals surface area contributed by atoms with E-state index < -0.39 is 11.6 Å². The van der Waals surface area contributed by atoms with Crippen molar-refractivity contribution < 1.29 is 23.1 Å². The van der Waals surface area contributed by atoms with Crippen molar-refractivity contribution in [3.8, 4) is 17.2 Å². The van der Waals surface area contributed by atoms with Gasteiger partial charge in [-0.2, -0.15) is 0 Å². The Morgan fingerprint density at radius 2 is 1.86 bits per heavy atom. The van der Waals surface area contributed by atoms with E-state index in [4.69, 9.17) is 18.3 Å². The third kappa shape index (κ3) is 3.75. The lowest BCUT2D eigenvalue weighted by Gasteiger charge is -2.07. The van der Waals surface area contributed by atoms with Crippen LogP contribution in [0, 0.1) is 6.92 Å². The molecular formula is C22H17NO6. The van der Waals surface area contributed by atoms with Crippen LogP contribution in [0.4, 0.5) is 0 Å². The van der Waals surface area contributed by atoms with Crippen molar-refractivity contribution in [1.29, 1.82) is 0 Å². The van der Waals surface area contributed by atoms with E-state index in [-0.39, 0.29) is 12.3 Å². The highest BCUT2D eigenvalue weighted by Gasteiger charge is 2.20. The fourth-order valence-corrected chi connectivity index (χ4v) is 2.96. The summed E-state index contributed by atoms with van der Waals surface area (Å²) in [5, 5.41) is 0.653. The topological polar surface area (TPSA) is 91.8 Å². The van der Waals surface area contributed by atoms with Crippen LogP contribution in [0.15, 0.2) is 68.2 Å². The first-order valence-electron chi connectivity index (χ1n) is 8.86. The minimum Gasteiger partial charge on any atom is -0.497 e. The summed E-state index contributed by atoms with van der Waals surface area (Å²) in [6.07, 6.45) is 0. The average molecular weight is 391 g/mol. The molecule has 0 amide bonds. The van der Waals surface area contributed by atoms with Gasteiger partial charge in [0.1, 0.15) is 23.7 Å². The van der Waals surface area contributed by atoms with Crippen molar-refractivity contribution in [2.75, 3.05) is 7.11 Å². The molecule has 0 saturated heterocycles. The number of benzene rings is 2. The molecule has 0 unspecified atom stereocenters. The molecule has 0 aliphatic carbocycles. The summed E-state index contributed by atoms with van der Waals surface area (Å²) in [5.41, 5.74) is 1.19. The van der Waals surface area contributed by atoms with Crippen molar-refractivity contribution in [3.05, 3.63) is 82.0 Å². The van der Waals surface area contributed by atoms with Gasteiger partial charge in [-0.1, -0.05) is 18.2 Å². The van der Waals surface area contributed by atoms with E-state index in [1.165, 1.54) is 13.2 Å². The average Bonchev–Trinajstić information content (AvgIpc) is 3.13. The molecule has 2 aromatic heterocycles. The quantitative estimate of drug-likeness (QED) is 0.373. The fourth-order valence-electron chi connectivity index (χ4n) is 2.96. The molecule has 0 N–H and O–H groups in total. The summed E-state index contributed by atoms with van der Waals surface area (Å²) >= 11 is 0. The van der Waals surface area contributed by atoms with Crippen LogP contribution in [-0.2, 0) is 11.3 Å². The van der Waals surface area contributed by atoms with Crippen molar-refractivity contribution in [2.45, 2.75) is 13.5 Å². The second-order valence-electron chi connectivity index (χ2n) is 6.32. The number of aromatic nitrogens is 1. The molecule has 0 saturated carbocycles. The summed E-state index contributed by atoms with van der Waals surface area (Å²) in [4.78, 5) is 28.7. The third-order valence-corrected chi connectivity index (χ3v) is 4.41. The van der Waals surface area contributed by atoms with Crippen molar-refractivity contribution >= 4 is 16.9 Å². The van der Waals surface area contributed by atoms with Crippen LogP contribution in [0.3, 0.4) is 0 Å². The van der Waals surface area contributed by atoms with E-state index in [0.717, 1.165) is 5.56 Å². The number of nitrogens with zero attached hydrogens (tertiary/aromatic N) is 1. The monoisotopic (exact) mass is 391 g/mol. The molecule has 4 aromatic rings. The minimum absolute atomic E-state index is 0.0952. The number of fused-ring (bicyclic) bond motifs is 1. The Bertz CT molecular complexity index is 1240. The maximum Gasteiger partial charge on any atom is 0.360 e. The molecule has 7 heteroatoms. The van der Waals surface area contributed by atoms with Crippen LogP contribution in [-0.4, -0.2) is 18.1 Å². The standard InChI is InChI=1S/C22H17NO6/c1-13-20(23-21(28-13)14-6-4-3-5-7-14)22(25)27-12-15-10-19(24)29-18-11-16(26-2)8-9-17(15)18/h3-11H,12H2,1-2H3. The van der Waals surface area contributed by atoms with Gasteiger partial charge < -0.3 is 18.3 Å². The summed E-state index contributed by atoms with van der Waals surface area (Å²) in [6.45, 7) is 1.54. The van der Waals surface area contributed by atoms with Crippen LogP contribution in [0.2, 0.25) is 0 Å². The maximum absolute atomic E-state index is 12.5. The zero-order valence-corrected chi connectivity index (χ0v) is 15.8. The Morgan fingerprint density at radius 3 is 2.62 bits per heavy atom. The number of hydrogen-bond acceptors (Lipinski definition) is 7. The van der Waals surface area contributed by atoms with E-state index in [9.17, 15) is 9.59 Å². The lowest BCUT2D eigenvalue weighted by atomic mass is 10.1. The van der Waals surface area contributed by atoms with Crippen molar-refractivity contribution in [2.24, 2.45) is 0 Å². The molecule has 2 aromatic carbocycles. The molecule has 0 bridgehead atoms. The Balaban J connectivity index is 1.58. The van der Waals surface area contributed by atoms with Gasteiger partial charge in [0.15, 0.2) is 5.69 Å². The lowest BCUT2D eigenvalue weighted by molar-refractivity contribution is 0.0465. The number of rotatable bonds is 5. The van der Waals surface area contributed by atoms with E-state index in [1.54, 1.807) is 25.1 Å². The van der Waals surface area contributed by atoms with E-state index in [0.29, 0.717) is 33.9 Å². The molecular weight excluding hydrogens is 374 g/mol. The Kier molecular flexibility index (Phi) is 4.87. The number of hydrogen-bond donors (Lipinski definition) is 0. The predicted octanol–water partition coefficient (Wildman–Crippen LogP) is 4.12. The minimum atomic E-state index is -0.636. The molecule has 0 aliphatic rings. The third-order valence-electron chi connectivity index (χ3n) is 4.41. The number of aryl methyl sites for hydroxylation is 1. The molecule has 2 heterocycles. The molecule has 146 valence electrons. The zero-order valence-electron chi connectivity index (χ0n) is 15.8. The largest absolute Gasteiger partial charge is 0.497 e. The maximum atomic E-state index is 12.5. The number of carbonyl (C=O) groups excluding carboxylic acids is 1. The van der Waals surface area contributed by atoms with Gasteiger partial charge in [0.05, 0.1) is 7.11 Å². The van der Waals surface area contributed by atoms with Gasteiger partial charge >= 0.3 is 11.6 Å². The SMILES string of the molecule is COc1ccc2c(COC(=O)c3nc(-c4ccccc4)oc3C)cc(=O)oc2c1. The summed E-state index contributed by atoms with van der Waals surface area (Å²) in [7, 11) is 1.52. The summed E-state index contributed by atoms with van der Waals surface area (Å²) in [5.74, 6) is 0.619. The number of carbonyl (C=O) groups is 1. The van der Waals surface area contributed by atoms with Crippen LogP contribution in [0.25, 0.3) is 22.4 Å². The molecule has 4 rings (SSSR count). The molecule has 0 spiro atoms. The van der Waals surface area contributed by atoms with Crippen molar-refractivity contribution in [3.63, 3.8) is 0 Å². The van der Waals surface area contributed by atoms with Crippen LogP contribution < -0.4 is 10.4 Å². The van der Waals surface area contributed by atoms with Gasteiger partial charge in [-0.05, 0) is 31.2 Å². The van der Waals surface area contributed by atoms with Crippen LogP contribution >= 0.6 is 0 Å². The number of ether oxygens (including phenoxy) is 2. The second-order valence-corrected chi connectivity index (χ2v) is 6.32. The van der Waals surface area contributed by atoms with Crippen LogP contribution in [0.1, 0.15) is 21.8 Å². The lowest BCUT2D eigenvalue weighted by Crippen LogP contribution is -2.09. The van der Waals surface area contributed by atoms with E-state index >= 15 is 0 Å². The van der Waals surface area contributed by atoms with Crippen molar-refractivity contribution in [1.82, 2.24) is 4.98 Å². The first-order chi connectivity index (χ1) is 14.0. The summed E-state index contributed by atoms with van der Waals surface area (Å²) < 4.78 is 21.3. The fraction of sp³-hybridized carbons (Fsp3) is 0.136. The molecule has 0 aliphatic heterocycles. The Labute approximate surface area is 165 Å². The van der Waals surface area contributed by atoms with Gasteiger partial charge in [0.25, 0.3) is 0 Å². The van der Waals surface area contributed by atoms with Crippen LogP contribution in [0.5, 0.6) is 5.75 Å². The number of oxazole rings is 1. The predicted molar refractivity (Wildman–Crippen MR) is 105 cm³/mol.